The molecular formula is C16H29NO2. The molecule has 0 aliphatic rings. The molecule has 19 heavy (non-hydrogen) atoms. The minimum atomic E-state index is -0.471. The summed E-state index contributed by atoms with van der Waals surface area (Å²) in [5, 5.41) is 0. The van der Waals surface area contributed by atoms with E-state index in [0.717, 1.165) is 0 Å². The third-order valence-corrected chi connectivity index (χ3v) is 3.35. The number of primary amides is 1. The quantitative estimate of drug-likeness (QED) is 0.777. The molecule has 0 bridgehead atoms. The number of carbonyl (C=O) groups is 2. The van der Waals surface area contributed by atoms with Crippen LogP contribution in [0.5, 0.6) is 0 Å². The topological polar surface area (TPSA) is 60.2 Å². The third-order valence-electron chi connectivity index (χ3n) is 3.35. The van der Waals surface area contributed by atoms with Gasteiger partial charge in [0.15, 0.2) is 0 Å². The van der Waals surface area contributed by atoms with Crippen LogP contribution >= 0.6 is 0 Å². The highest BCUT2D eigenvalue weighted by Crippen LogP contribution is 2.39. The normalized spacial score (nSPS) is 16.4. The molecule has 0 aromatic carbocycles. The van der Waals surface area contributed by atoms with E-state index in [9.17, 15) is 9.59 Å². The van der Waals surface area contributed by atoms with Gasteiger partial charge in [-0.05, 0) is 18.8 Å². The number of ketones is 1. The first-order valence-corrected chi connectivity index (χ1v) is 6.87. The van der Waals surface area contributed by atoms with Gasteiger partial charge in [0.2, 0.25) is 5.91 Å². The van der Waals surface area contributed by atoms with Crippen LogP contribution in [0.3, 0.4) is 0 Å². The van der Waals surface area contributed by atoms with Gasteiger partial charge >= 0.3 is 0 Å². The van der Waals surface area contributed by atoms with Crippen molar-refractivity contribution in [2.24, 2.45) is 28.4 Å². The second-order valence-corrected chi connectivity index (χ2v) is 7.27. The molecule has 0 spiro atoms. The van der Waals surface area contributed by atoms with E-state index in [1.54, 1.807) is 0 Å². The van der Waals surface area contributed by atoms with Gasteiger partial charge < -0.3 is 5.73 Å². The molecular weight excluding hydrogens is 238 g/mol. The van der Waals surface area contributed by atoms with E-state index < -0.39 is 17.2 Å². The smallest absolute Gasteiger partial charge is 0.221 e. The summed E-state index contributed by atoms with van der Waals surface area (Å²) in [5.41, 5.74) is 4.77. The number of rotatable bonds is 5. The van der Waals surface area contributed by atoms with E-state index in [4.69, 9.17) is 5.73 Å². The van der Waals surface area contributed by atoms with E-state index >= 15 is 0 Å². The molecule has 0 fully saturated rings. The van der Waals surface area contributed by atoms with Gasteiger partial charge in [0, 0.05) is 11.3 Å². The number of amides is 1. The van der Waals surface area contributed by atoms with Crippen molar-refractivity contribution in [3.63, 3.8) is 0 Å². The van der Waals surface area contributed by atoms with Crippen LogP contribution in [0.1, 0.15) is 54.9 Å². The Hall–Kier alpha value is -1.12. The molecule has 0 aliphatic heterocycles. The first-order chi connectivity index (χ1) is 8.42. The van der Waals surface area contributed by atoms with Gasteiger partial charge in [0.25, 0.3) is 0 Å². The largest absolute Gasteiger partial charge is 0.369 e. The average Bonchev–Trinajstić information content (AvgIpc) is 2.19. The van der Waals surface area contributed by atoms with Crippen molar-refractivity contribution in [2.75, 3.05) is 0 Å². The van der Waals surface area contributed by atoms with Gasteiger partial charge in [-0.3, -0.25) is 9.59 Å². The number of nitrogens with two attached hydrogens (primary N) is 1. The fourth-order valence-corrected chi connectivity index (χ4v) is 2.35. The predicted octanol–water partition coefficient (Wildman–Crippen LogP) is 3.33. The van der Waals surface area contributed by atoms with E-state index in [1.165, 1.54) is 0 Å². The molecule has 1 amide bonds. The van der Waals surface area contributed by atoms with Gasteiger partial charge in [-0.2, -0.15) is 0 Å². The maximum absolute atomic E-state index is 12.7. The summed E-state index contributed by atoms with van der Waals surface area (Å²) >= 11 is 0. The van der Waals surface area contributed by atoms with Gasteiger partial charge in [0.1, 0.15) is 5.78 Å². The van der Waals surface area contributed by atoms with Crippen LogP contribution in [-0.4, -0.2) is 11.7 Å². The fourth-order valence-electron chi connectivity index (χ4n) is 2.35. The van der Waals surface area contributed by atoms with Gasteiger partial charge in [0.05, 0.1) is 5.92 Å². The zero-order chi connectivity index (χ0) is 15.4. The Morgan fingerprint density at radius 3 is 1.84 bits per heavy atom. The highest BCUT2D eigenvalue weighted by molar-refractivity contribution is 5.91. The Balaban J connectivity index is 5.57. The minimum Gasteiger partial charge on any atom is -0.369 e. The zero-order valence-corrected chi connectivity index (χ0v) is 13.4. The summed E-state index contributed by atoms with van der Waals surface area (Å²) in [4.78, 5) is 24.4. The SMILES string of the molecule is C/C=C/C[C@H](C(N)=O)[C@H](C(=O)C(C)(C)C)C(C)(C)C. The molecule has 0 aromatic heterocycles. The second-order valence-electron chi connectivity index (χ2n) is 7.27. The lowest BCUT2D eigenvalue weighted by Gasteiger charge is -2.38. The van der Waals surface area contributed by atoms with Crippen molar-refractivity contribution in [3.8, 4) is 0 Å². The van der Waals surface area contributed by atoms with Crippen molar-refractivity contribution in [1.29, 1.82) is 0 Å². The molecule has 0 heterocycles. The highest BCUT2D eigenvalue weighted by Gasteiger charge is 2.43. The van der Waals surface area contributed by atoms with Crippen LogP contribution in [0, 0.1) is 22.7 Å². The van der Waals surface area contributed by atoms with Crippen LogP contribution in [0.15, 0.2) is 12.2 Å². The van der Waals surface area contributed by atoms with Crippen LogP contribution in [-0.2, 0) is 9.59 Å². The third kappa shape index (κ3) is 5.17. The van der Waals surface area contributed by atoms with Crippen LogP contribution in [0.2, 0.25) is 0 Å². The Morgan fingerprint density at radius 1 is 1.11 bits per heavy atom. The zero-order valence-electron chi connectivity index (χ0n) is 13.4. The number of hydrogen-bond acceptors (Lipinski definition) is 2. The molecule has 110 valence electrons. The first kappa shape index (κ1) is 17.9. The molecule has 0 aliphatic carbocycles. The lowest BCUT2D eigenvalue weighted by molar-refractivity contribution is -0.141. The lowest BCUT2D eigenvalue weighted by Crippen LogP contribution is -2.45. The number of Topliss-reactive ketones (excluding diaryl/α,β-unsaturated/α-hetero) is 1. The first-order valence-electron chi connectivity index (χ1n) is 6.87. The fraction of sp³-hybridized carbons (Fsp3) is 0.750. The second kappa shape index (κ2) is 6.36. The Kier molecular flexibility index (Phi) is 5.98. The molecule has 2 N–H and O–H groups in total. The van der Waals surface area contributed by atoms with Crippen molar-refractivity contribution < 1.29 is 9.59 Å². The molecule has 0 aromatic rings. The molecule has 3 nitrogen and oxygen atoms in total. The summed E-state index contributed by atoms with van der Waals surface area (Å²) in [5.74, 6) is -1.09. The molecule has 0 saturated heterocycles. The van der Waals surface area contributed by atoms with E-state index in [0.29, 0.717) is 6.42 Å². The van der Waals surface area contributed by atoms with Gasteiger partial charge in [-0.25, -0.2) is 0 Å². The molecule has 0 rings (SSSR count). The van der Waals surface area contributed by atoms with Crippen LogP contribution < -0.4 is 5.73 Å². The minimum absolute atomic E-state index is 0.105. The van der Waals surface area contributed by atoms with E-state index in [1.807, 2.05) is 60.6 Å². The molecule has 2 atom stereocenters. The maximum Gasteiger partial charge on any atom is 0.221 e. The highest BCUT2D eigenvalue weighted by atomic mass is 16.1. The molecule has 0 saturated carbocycles. The van der Waals surface area contributed by atoms with Gasteiger partial charge in [-0.15, -0.1) is 0 Å². The monoisotopic (exact) mass is 267 g/mol. The number of allylic oxidation sites excluding steroid dienone is 2. The predicted molar refractivity (Wildman–Crippen MR) is 79.5 cm³/mol. The van der Waals surface area contributed by atoms with Crippen molar-refractivity contribution in [1.82, 2.24) is 0 Å². The standard InChI is InChI=1S/C16H29NO2/c1-8-9-10-11(14(17)19)12(15(2,3)4)13(18)16(5,6)7/h8-9,11-12H,10H2,1-7H3,(H2,17,19)/b9-8+/t11-,12+/m0/s1. The summed E-state index contributed by atoms with van der Waals surface area (Å²) in [6.07, 6.45) is 4.32. The summed E-state index contributed by atoms with van der Waals surface area (Å²) in [6, 6.07) is 0. The van der Waals surface area contributed by atoms with Crippen LogP contribution in [0.25, 0.3) is 0 Å². The average molecular weight is 267 g/mol. The summed E-state index contributed by atoms with van der Waals surface area (Å²) < 4.78 is 0. The van der Waals surface area contributed by atoms with Crippen molar-refractivity contribution in [3.05, 3.63) is 12.2 Å². The molecule has 3 heteroatoms. The maximum atomic E-state index is 12.7. The Bertz CT molecular complexity index is 356. The Labute approximate surface area is 117 Å². The number of carbonyl (C=O) groups excluding carboxylic acids is 2. The lowest BCUT2D eigenvalue weighted by atomic mass is 9.64. The summed E-state index contributed by atoms with van der Waals surface area (Å²) in [6.45, 7) is 13.5. The summed E-state index contributed by atoms with van der Waals surface area (Å²) in [7, 11) is 0. The molecule has 0 radical (unpaired) electrons. The van der Waals surface area contributed by atoms with E-state index in [-0.39, 0.29) is 17.1 Å². The number of hydrogen-bond donors (Lipinski definition) is 1. The van der Waals surface area contributed by atoms with Gasteiger partial charge in [-0.1, -0.05) is 53.7 Å². The van der Waals surface area contributed by atoms with Crippen LogP contribution in [0.4, 0.5) is 0 Å². The van der Waals surface area contributed by atoms with Crippen molar-refractivity contribution >= 4 is 11.7 Å². The molecule has 0 unspecified atom stereocenters. The Morgan fingerprint density at radius 2 is 1.58 bits per heavy atom. The van der Waals surface area contributed by atoms with E-state index in [2.05, 4.69) is 0 Å². The van der Waals surface area contributed by atoms with Crippen molar-refractivity contribution in [2.45, 2.75) is 54.9 Å².